The quantitative estimate of drug-likeness (QED) is 0.360. The number of sulfonamides is 1. The minimum atomic E-state index is -3.73. The fourth-order valence-corrected chi connectivity index (χ4v) is 4.83. The number of rotatable bonds is 12. The van der Waals surface area contributed by atoms with Crippen LogP contribution in [0.5, 0.6) is 11.5 Å². The van der Waals surface area contributed by atoms with E-state index in [2.05, 4.69) is 10.6 Å². The third-order valence-corrected chi connectivity index (χ3v) is 7.20. The van der Waals surface area contributed by atoms with Crippen LogP contribution in [0, 0.1) is 0 Å². The molecule has 0 unspecified atom stereocenters. The predicted molar refractivity (Wildman–Crippen MR) is 132 cm³/mol. The summed E-state index contributed by atoms with van der Waals surface area (Å²) >= 11 is 0. The highest BCUT2D eigenvalue weighted by Crippen LogP contribution is 2.33. The molecule has 9 nitrogen and oxygen atoms in total. The lowest BCUT2D eigenvalue weighted by Crippen LogP contribution is -2.30. The molecule has 0 saturated carbocycles. The Morgan fingerprint density at radius 1 is 1.00 bits per heavy atom. The molecule has 35 heavy (non-hydrogen) atoms. The number of carbonyl (C=O) groups is 2. The minimum absolute atomic E-state index is 0.0580. The van der Waals surface area contributed by atoms with Crippen LogP contribution in [-0.2, 0) is 14.8 Å². The Balaban J connectivity index is 1.72. The van der Waals surface area contributed by atoms with Gasteiger partial charge in [0.15, 0.2) is 11.5 Å². The highest BCUT2D eigenvalue weighted by molar-refractivity contribution is 7.89. The summed E-state index contributed by atoms with van der Waals surface area (Å²) in [6.45, 7) is 4.46. The molecule has 0 fully saturated rings. The molecule has 0 saturated heterocycles. The number of hydrogen-bond acceptors (Lipinski definition) is 6. The number of ether oxygens (including phenoxy) is 1. The van der Waals surface area contributed by atoms with Gasteiger partial charge in [-0.15, -0.1) is 0 Å². The minimum Gasteiger partial charge on any atom is -0.459 e. The standard InChI is InChI=1S/C25H29N3O6S/c1-3-28(4-2)35(31,32)20-14-15-22(34-19-10-6-5-7-11-19)21(18-20)27-24(29)13-8-16-26-25(30)23-12-9-17-33-23/h5-7,9-12,14-15,17-18H,3-4,8,13,16H2,1-2H3,(H,26,30)(H,27,29). The third kappa shape index (κ3) is 6.93. The summed E-state index contributed by atoms with van der Waals surface area (Å²) in [6.07, 6.45) is 1.90. The van der Waals surface area contributed by atoms with Gasteiger partial charge in [0.25, 0.3) is 5.91 Å². The van der Waals surface area contributed by atoms with Crippen molar-refractivity contribution in [1.29, 1.82) is 0 Å². The summed E-state index contributed by atoms with van der Waals surface area (Å²) in [6, 6.07) is 16.5. The van der Waals surface area contributed by atoms with Crippen molar-refractivity contribution in [2.75, 3.05) is 25.0 Å². The molecule has 1 aromatic heterocycles. The van der Waals surface area contributed by atoms with Crippen LogP contribution in [0.15, 0.2) is 76.2 Å². The Morgan fingerprint density at radius 3 is 2.40 bits per heavy atom. The lowest BCUT2D eigenvalue weighted by Gasteiger charge is -2.20. The van der Waals surface area contributed by atoms with Crippen LogP contribution >= 0.6 is 0 Å². The second-order valence-electron chi connectivity index (χ2n) is 7.55. The van der Waals surface area contributed by atoms with Crippen LogP contribution in [0.2, 0.25) is 0 Å². The third-order valence-electron chi connectivity index (χ3n) is 5.15. The van der Waals surface area contributed by atoms with Crippen molar-refractivity contribution in [2.24, 2.45) is 0 Å². The Kier molecular flexibility index (Phi) is 9.04. The first-order valence-electron chi connectivity index (χ1n) is 11.3. The number of nitrogens with zero attached hydrogens (tertiary/aromatic N) is 1. The molecule has 2 aromatic carbocycles. The van der Waals surface area contributed by atoms with Gasteiger partial charge in [0.1, 0.15) is 5.75 Å². The van der Waals surface area contributed by atoms with E-state index >= 15 is 0 Å². The molecular weight excluding hydrogens is 470 g/mol. The van der Waals surface area contributed by atoms with Gasteiger partial charge in [-0.3, -0.25) is 9.59 Å². The molecule has 3 rings (SSSR count). The normalized spacial score (nSPS) is 11.3. The zero-order valence-corrected chi connectivity index (χ0v) is 20.5. The van der Waals surface area contributed by atoms with E-state index in [0.29, 0.717) is 31.0 Å². The van der Waals surface area contributed by atoms with Crippen molar-refractivity contribution in [1.82, 2.24) is 9.62 Å². The number of benzene rings is 2. The molecule has 0 aliphatic rings. The van der Waals surface area contributed by atoms with Crippen molar-refractivity contribution in [3.63, 3.8) is 0 Å². The molecule has 3 aromatic rings. The van der Waals surface area contributed by atoms with Crippen LogP contribution in [-0.4, -0.2) is 44.2 Å². The second-order valence-corrected chi connectivity index (χ2v) is 9.49. The molecule has 0 atom stereocenters. The van der Waals surface area contributed by atoms with Gasteiger partial charge >= 0.3 is 0 Å². The number of para-hydroxylation sites is 1. The lowest BCUT2D eigenvalue weighted by molar-refractivity contribution is -0.116. The molecule has 10 heteroatoms. The van der Waals surface area contributed by atoms with Gasteiger partial charge in [-0.2, -0.15) is 4.31 Å². The maximum Gasteiger partial charge on any atom is 0.286 e. The Hall–Kier alpha value is -3.63. The van der Waals surface area contributed by atoms with E-state index in [4.69, 9.17) is 9.15 Å². The van der Waals surface area contributed by atoms with Crippen LogP contribution < -0.4 is 15.4 Å². The second kappa shape index (κ2) is 12.2. The first kappa shape index (κ1) is 26.0. The van der Waals surface area contributed by atoms with Crippen LogP contribution in [0.25, 0.3) is 0 Å². The SMILES string of the molecule is CCN(CC)S(=O)(=O)c1ccc(Oc2ccccc2)c(NC(=O)CCCNC(=O)c2ccco2)c1. The summed E-state index contributed by atoms with van der Waals surface area (Å²) in [7, 11) is -3.73. The maximum atomic E-state index is 13.0. The molecule has 2 N–H and O–H groups in total. The first-order valence-corrected chi connectivity index (χ1v) is 12.8. The molecule has 0 bridgehead atoms. The Morgan fingerprint density at radius 2 is 1.74 bits per heavy atom. The van der Waals surface area contributed by atoms with Crippen molar-refractivity contribution < 1.29 is 27.2 Å². The fourth-order valence-electron chi connectivity index (χ4n) is 3.34. The van der Waals surface area contributed by atoms with Crippen molar-refractivity contribution in [2.45, 2.75) is 31.6 Å². The van der Waals surface area contributed by atoms with Gasteiger partial charge in [0.05, 0.1) is 16.8 Å². The van der Waals surface area contributed by atoms with E-state index < -0.39 is 10.0 Å². The van der Waals surface area contributed by atoms with Crippen molar-refractivity contribution in [3.05, 3.63) is 72.7 Å². The van der Waals surface area contributed by atoms with Gasteiger partial charge in [0.2, 0.25) is 15.9 Å². The largest absolute Gasteiger partial charge is 0.459 e. The molecule has 0 spiro atoms. The first-order chi connectivity index (χ1) is 16.8. The molecule has 0 aliphatic carbocycles. The summed E-state index contributed by atoms with van der Waals surface area (Å²) in [5, 5.41) is 5.44. The smallest absolute Gasteiger partial charge is 0.286 e. The molecule has 186 valence electrons. The molecular formula is C25H29N3O6S. The summed E-state index contributed by atoms with van der Waals surface area (Å²) in [4.78, 5) is 24.6. The van der Waals surface area contributed by atoms with Gasteiger partial charge < -0.3 is 19.8 Å². The Bertz CT molecular complexity index is 1220. The average molecular weight is 500 g/mol. The summed E-state index contributed by atoms with van der Waals surface area (Å²) < 4.78 is 38.3. The average Bonchev–Trinajstić information content (AvgIpc) is 3.39. The lowest BCUT2D eigenvalue weighted by atomic mass is 10.2. The number of nitrogens with one attached hydrogen (secondary N) is 2. The Labute approximate surface area is 205 Å². The monoisotopic (exact) mass is 499 g/mol. The van der Waals surface area contributed by atoms with Crippen LogP contribution in [0.1, 0.15) is 37.2 Å². The number of furan rings is 1. The van der Waals surface area contributed by atoms with Gasteiger partial charge in [-0.05, 0) is 48.9 Å². The van der Waals surface area contributed by atoms with Crippen molar-refractivity contribution >= 4 is 27.5 Å². The van der Waals surface area contributed by atoms with E-state index in [9.17, 15) is 18.0 Å². The molecule has 0 aliphatic heterocycles. The maximum absolute atomic E-state index is 13.0. The van der Waals surface area contributed by atoms with Gasteiger partial charge in [-0.25, -0.2) is 8.42 Å². The number of carbonyl (C=O) groups excluding carboxylic acids is 2. The van der Waals surface area contributed by atoms with E-state index in [-0.39, 0.29) is 41.1 Å². The number of amides is 2. The predicted octanol–water partition coefficient (Wildman–Crippen LogP) is 4.25. The molecule has 1 heterocycles. The van der Waals surface area contributed by atoms with Crippen LogP contribution in [0.3, 0.4) is 0 Å². The fraction of sp³-hybridized carbons (Fsp3) is 0.280. The van der Waals surface area contributed by atoms with E-state index in [1.807, 2.05) is 18.2 Å². The van der Waals surface area contributed by atoms with Crippen molar-refractivity contribution in [3.8, 4) is 11.5 Å². The zero-order chi connectivity index (χ0) is 25.3. The van der Waals surface area contributed by atoms with Gasteiger partial charge in [0, 0.05) is 26.1 Å². The van der Waals surface area contributed by atoms with Crippen LogP contribution in [0.4, 0.5) is 5.69 Å². The zero-order valence-electron chi connectivity index (χ0n) is 19.7. The molecule has 2 amide bonds. The van der Waals surface area contributed by atoms with E-state index in [0.717, 1.165) is 0 Å². The topological polar surface area (TPSA) is 118 Å². The van der Waals surface area contributed by atoms with Gasteiger partial charge in [-0.1, -0.05) is 32.0 Å². The molecule has 0 radical (unpaired) electrons. The van der Waals surface area contributed by atoms with E-state index in [1.165, 1.54) is 28.8 Å². The highest BCUT2D eigenvalue weighted by Gasteiger charge is 2.23. The summed E-state index contributed by atoms with van der Waals surface area (Å²) in [5.41, 5.74) is 0.242. The summed E-state index contributed by atoms with van der Waals surface area (Å²) in [5.74, 6) is 0.358. The highest BCUT2D eigenvalue weighted by atomic mass is 32.2. The number of anilines is 1. The number of hydrogen-bond donors (Lipinski definition) is 2. The van der Waals surface area contributed by atoms with E-state index in [1.54, 1.807) is 38.1 Å².